The molecule has 0 saturated carbocycles. The van der Waals surface area contributed by atoms with Crippen LogP contribution in [0.15, 0.2) is 157 Å². The maximum absolute atomic E-state index is 5.16. The van der Waals surface area contributed by atoms with E-state index in [2.05, 4.69) is 157 Å². The molecule has 0 amide bonds. The topological polar surface area (TPSA) is 25.8 Å². The Morgan fingerprint density at radius 3 is 1.39 bits per heavy atom. The van der Waals surface area contributed by atoms with Crippen molar-refractivity contribution in [3.63, 3.8) is 0 Å². The van der Waals surface area contributed by atoms with Crippen molar-refractivity contribution >= 4 is 55.9 Å². The third kappa shape index (κ3) is 4.68. The standard InChI is InChI=1S/C52H30N2S3/c1-3-11-31-29(9-1)23-42-34(31)17-19-36-44(42)27-50-46(36)25-48(53-56-50)38-14-6-5-13-33(38)41-21-22-55-52(41)40-16-8-7-15-39(40)49-26-47-37-20-18-35-32-12-4-2-10-30(32)24-43(35)45(37)28-51(47)57-54-49/h1-22,25-28H,23-24H2. The summed E-state index contributed by atoms with van der Waals surface area (Å²) in [5, 5.41) is 7.57. The number of aromatic nitrogens is 2. The molecular weight excluding hydrogens is 749 g/mol. The van der Waals surface area contributed by atoms with Gasteiger partial charge in [-0.3, -0.25) is 0 Å². The molecule has 6 aliphatic rings. The monoisotopic (exact) mass is 778 g/mol. The van der Waals surface area contributed by atoms with E-state index in [-0.39, 0.29) is 0 Å². The number of nitrogens with zero attached hydrogens (tertiary/aromatic N) is 2. The van der Waals surface area contributed by atoms with E-state index in [4.69, 9.17) is 8.75 Å². The second-order valence-electron chi connectivity index (χ2n) is 15.3. The van der Waals surface area contributed by atoms with Gasteiger partial charge in [-0.25, -0.2) is 0 Å². The Labute approximate surface area is 342 Å². The van der Waals surface area contributed by atoms with Gasteiger partial charge in [0.1, 0.15) is 0 Å². The first-order valence-corrected chi connectivity index (χ1v) is 21.8. The fourth-order valence-corrected chi connectivity index (χ4v) is 12.3. The lowest BCUT2D eigenvalue weighted by molar-refractivity contribution is 1.29. The van der Waals surface area contributed by atoms with Crippen molar-refractivity contribution in [1.82, 2.24) is 8.75 Å². The van der Waals surface area contributed by atoms with Crippen molar-refractivity contribution in [2.24, 2.45) is 0 Å². The summed E-state index contributed by atoms with van der Waals surface area (Å²) in [6.07, 6.45) is 1.97. The maximum Gasteiger partial charge on any atom is 0.0845 e. The minimum absolute atomic E-state index is 0.986. The van der Waals surface area contributed by atoms with Crippen LogP contribution < -0.4 is 0 Å². The van der Waals surface area contributed by atoms with Crippen LogP contribution >= 0.6 is 34.4 Å². The summed E-state index contributed by atoms with van der Waals surface area (Å²) in [6.45, 7) is 0. The normalized spacial score (nSPS) is 12.8. The van der Waals surface area contributed by atoms with E-state index in [1.807, 2.05) is 0 Å². The molecule has 57 heavy (non-hydrogen) atoms. The van der Waals surface area contributed by atoms with Crippen molar-refractivity contribution in [2.75, 3.05) is 0 Å². The van der Waals surface area contributed by atoms with Gasteiger partial charge in [0.2, 0.25) is 0 Å². The number of benzene rings is 6. The Balaban J connectivity index is 0.908. The molecule has 0 N–H and O–H groups in total. The SMILES string of the molecule is c1ccc2c(c1)Cc1c-2ccc2c3cc(-c4ccccc4-c4ccsc4-c4ccccc4-c4cc5c6ccc7c(c6cc-5sn4)Cc4ccccc4-7)nsc-3cc12. The van der Waals surface area contributed by atoms with Gasteiger partial charge in [-0.15, -0.1) is 11.3 Å². The molecule has 266 valence electrons. The Bertz CT molecular complexity index is 3150. The fourth-order valence-electron chi connectivity index (χ4n) is 9.75. The molecule has 0 atom stereocenters. The van der Waals surface area contributed by atoms with E-state index in [1.165, 1.54) is 109 Å². The maximum atomic E-state index is 5.16. The van der Waals surface area contributed by atoms with Crippen molar-refractivity contribution in [2.45, 2.75) is 12.8 Å². The van der Waals surface area contributed by atoms with Crippen molar-refractivity contribution in [3.05, 3.63) is 179 Å². The molecule has 0 bridgehead atoms. The highest BCUT2D eigenvalue weighted by Gasteiger charge is 2.26. The molecule has 6 aromatic carbocycles. The van der Waals surface area contributed by atoms with Gasteiger partial charge in [-0.05, 0) is 143 Å². The lowest BCUT2D eigenvalue weighted by Gasteiger charge is -2.14. The lowest BCUT2D eigenvalue weighted by Crippen LogP contribution is -1.90. The predicted octanol–water partition coefficient (Wildman–Crippen LogP) is 15.0. The number of thiophene rings is 1. The predicted molar refractivity (Wildman–Crippen MR) is 242 cm³/mol. The Kier molecular flexibility index (Phi) is 6.79. The number of fused-ring (bicyclic) bond motifs is 14. The van der Waals surface area contributed by atoms with E-state index in [0.29, 0.717) is 0 Å². The number of hydrogen-bond acceptors (Lipinski definition) is 5. The highest BCUT2D eigenvalue weighted by molar-refractivity contribution is 7.14. The van der Waals surface area contributed by atoms with E-state index >= 15 is 0 Å². The summed E-state index contributed by atoms with van der Waals surface area (Å²) < 4.78 is 10.3. The molecule has 2 aliphatic heterocycles. The molecule has 0 unspecified atom stereocenters. The molecule has 13 rings (SSSR count). The third-order valence-corrected chi connectivity index (χ3v) is 15.0. The van der Waals surface area contributed by atoms with E-state index in [1.54, 1.807) is 34.4 Å². The van der Waals surface area contributed by atoms with Crippen LogP contribution in [-0.2, 0) is 12.8 Å². The molecule has 3 heterocycles. The van der Waals surface area contributed by atoms with Gasteiger partial charge in [-0.1, -0.05) is 121 Å². The van der Waals surface area contributed by atoms with Crippen LogP contribution in [0.2, 0.25) is 0 Å². The molecule has 0 radical (unpaired) electrons. The Morgan fingerprint density at radius 2 is 0.825 bits per heavy atom. The largest absolute Gasteiger partial charge is 0.192 e. The molecule has 5 heteroatoms. The van der Waals surface area contributed by atoms with Crippen LogP contribution in [0.4, 0.5) is 0 Å². The summed E-state index contributed by atoms with van der Waals surface area (Å²) in [4.78, 5) is 3.71. The van der Waals surface area contributed by atoms with Crippen LogP contribution in [0.1, 0.15) is 22.3 Å². The minimum Gasteiger partial charge on any atom is -0.192 e. The molecule has 2 nitrogen and oxygen atoms in total. The van der Waals surface area contributed by atoms with Gasteiger partial charge in [0.25, 0.3) is 0 Å². The second-order valence-corrected chi connectivity index (χ2v) is 17.8. The van der Waals surface area contributed by atoms with Crippen LogP contribution in [0.5, 0.6) is 0 Å². The van der Waals surface area contributed by atoms with Gasteiger partial charge in [0.15, 0.2) is 0 Å². The average Bonchev–Trinajstić information content (AvgIpc) is 4.10. The summed E-state index contributed by atoms with van der Waals surface area (Å²) >= 11 is 5.02. The van der Waals surface area contributed by atoms with Crippen LogP contribution in [-0.4, -0.2) is 8.75 Å². The van der Waals surface area contributed by atoms with Crippen LogP contribution in [0, 0.1) is 0 Å². The summed E-state index contributed by atoms with van der Waals surface area (Å²) in [7, 11) is 0. The second kappa shape index (κ2) is 12.1. The first-order valence-electron chi connectivity index (χ1n) is 19.4. The van der Waals surface area contributed by atoms with E-state index < -0.39 is 0 Å². The first kappa shape index (κ1) is 31.9. The van der Waals surface area contributed by atoms with Gasteiger partial charge >= 0.3 is 0 Å². The van der Waals surface area contributed by atoms with Crippen LogP contribution in [0.25, 0.3) is 109 Å². The Morgan fingerprint density at radius 1 is 0.351 bits per heavy atom. The quantitative estimate of drug-likeness (QED) is 0.178. The van der Waals surface area contributed by atoms with Crippen molar-refractivity contribution in [1.29, 1.82) is 0 Å². The first-order chi connectivity index (χ1) is 28.2. The highest BCUT2D eigenvalue weighted by atomic mass is 32.1. The third-order valence-electron chi connectivity index (χ3n) is 12.4. The molecular formula is C52H30N2S3. The average molecular weight is 779 g/mol. The van der Waals surface area contributed by atoms with Gasteiger partial charge in [0, 0.05) is 38.3 Å². The molecule has 4 aliphatic carbocycles. The van der Waals surface area contributed by atoms with Gasteiger partial charge < -0.3 is 0 Å². The van der Waals surface area contributed by atoms with Crippen molar-refractivity contribution in [3.8, 4) is 87.2 Å². The molecule has 7 aromatic rings. The zero-order valence-electron chi connectivity index (χ0n) is 30.5. The zero-order valence-corrected chi connectivity index (χ0v) is 33.0. The molecule has 0 spiro atoms. The van der Waals surface area contributed by atoms with E-state index in [0.717, 1.165) is 35.4 Å². The Hall–Kier alpha value is -6.24. The van der Waals surface area contributed by atoms with Crippen LogP contribution in [0.3, 0.4) is 0 Å². The smallest absolute Gasteiger partial charge is 0.0845 e. The summed E-state index contributed by atoms with van der Waals surface area (Å²) in [5.74, 6) is 0. The van der Waals surface area contributed by atoms with Gasteiger partial charge in [0.05, 0.1) is 21.1 Å². The van der Waals surface area contributed by atoms with E-state index in [9.17, 15) is 0 Å². The highest BCUT2D eigenvalue weighted by Crippen LogP contribution is 2.50. The van der Waals surface area contributed by atoms with Crippen molar-refractivity contribution < 1.29 is 0 Å². The van der Waals surface area contributed by atoms with Gasteiger partial charge in [-0.2, -0.15) is 8.75 Å². The summed E-state index contributed by atoms with van der Waals surface area (Å²) in [5.41, 5.74) is 21.7. The molecule has 1 aromatic heterocycles. The zero-order chi connectivity index (χ0) is 37.2. The molecule has 0 fully saturated rings. The molecule has 0 saturated heterocycles. The number of hydrogen-bond donors (Lipinski definition) is 0. The lowest BCUT2D eigenvalue weighted by atomic mass is 9.93. The summed E-state index contributed by atoms with van der Waals surface area (Å²) in [6, 6.07) is 56.2. The number of rotatable bonds is 4. The fraction of sp³-hybridized carbons (Fsp3) is 0.0385. The minimum atomic E-state index is 0.986.